The summed E-state index contributed by atoms with van der Waals surface area (Å²) < 4.78 is 6.18. The summed E-state index contributed by atoms with van der Waals surface area (Å²) in [4.78, 5) is 8.18. The summed E-state index contributed by atoms with van der Waals surface area (Å²) in [6.07, 6.45) is 3.52. The van der Waals surface area contributed by atoms with E-state index in [9.17, 15) is 0 Å². The van der Waals surface area contributed by atoms with E-state index in [-0.39, 0.29) is 11.0 Å². The van der Waals surface area contributed by atoms with Crippen molar-refractivity contribution in [3.05, 3.63) is 54.4 Å². The highest BCUT2D eigenvalue weighted by molar-refractivity contribution is 5.98. The number of hydrogen-bond donors (Lipinski definition) is 1. The summed E-state index contributed by atoms with van der Waals surface area (Å²) in [5.41, 5.74) is 8.74. The number of anilines is 1. The van der Waals surface area contributed by atoms with Crippen molar-refractivity contribution in [3.8, 4) is 11.1 Å². The average Bonchev–Trinajstić information content (AvgIpc) is 2.65. The highest BCUT2D eigenvalue weighted by atomic mass is 28.2. The van der Waals surface area contributed by atoms with Crippen molar-refractivity contribution in [2.24, 2.45) is 11.3 Å². The molecule has 0 aliphatic carbocycles. The molecule has 0 spiro atoms. The fourth-order valence-electron chi connectivity index (χ4n) is 3.59. The number of hydrogen-bond acceptors (Lipinski definition) is 4. The Hall–Kier alpha value is -2.24. The Bertz CT molecular complexity index is 950. The van der Waals surface area contributed by atoms with E-state index in [1.807, 2.05) is 0 Å². The average molecular weight is 380 g/mol. The predicted molar refractivity (Wildman–Crippen MR) is 116 cm³/mol. The third-order valence-electron chi connectivity index (χ3n) is 5.97. The molecule has 0 radical (unpaired) electrons. The summed E-state index contributed by atoms with van der Waals surface area (Å²) in [6, 6.07) is 13.1. The Morgan fingerprint density at radius 1 is 0.926 bits per heavy atom. The molecule has 1 aromatic heterocycles. The molecule has 2 unspecified atom stereocenters. The molecule has 3 rings (SSSR count). The minimum atomic E-state index is -0.290. The van der Waals surface area contributed by atoms with Crippen LogP contribution >= 0.6 is 0 Å². The molecule has 0 amide bonds. The van der Waals surface area contributed by atoms with E-state index in [0.717, 1.165) is 11.1 Å². The Morgan fingerprint density at radius 3 is 2.11 bits per heavy atom. The van der Waals surface area contributed by atoms with Crippen LogP contribution in [0.1, 0.15) is 40.2 Å². The van der Waals surface area contributed by atoms with E-state index in [2.05, 4.69) is 81.0 Å². The van der Waals surface area contributed by atoms with Gasteiger partial charge in [-0.25, -0.2) is 9.97 Å². The van der Waals surface area contributed by atoms with Crippen molar-refractivity contribution in [2.75, 3.05) is 5.73 Å². The van der Waals surface area contributed by atoms with Crippen LogP contribution in [-0.4, -0.2) is 20.5 Å². The lowest BCUT2D eigenvalue weighted by molar-refractivity contribution is -0.0147. The van der Waals surface area contributed by atoms with Crippen molar-refractivity contribution in [2.45, 2.75) is 40.2 Å². The highest BCUT2D eigenvalue weighted by Crippen LogP contribution is 2.43. The van der Waals surface area contributed by atoms with Gasteiger partial charge in [-0.3, -0.25) is 0 Å². The molecule has 27 heavy (non-hydrogen) atoms. The fourth-order valence-corrected chi connectivity index (χ4v) is 4.18. The monoisotopic (exact) mass is 379 g/mol. The zero-order valence-corrected chi connectivity index (χ0v) is 19.1. The lowest BCUT2D eigenvalue weighted by Gasteiger charge is -2.43. The molecule has 2 N–H and O–H groups in total. The van der Waals surface area contributed by atoms with Gasteiger partial charge in [-0.05, 0) is 52.3 Å². The van der Waals surface area contributed by atoms with Gasteiger partial charge in [0.25, 0.3) is 0 Å². The third-order valence-corrected chi connectivity index (χ3v) is 6.82. The molecule has 142 valence electrons. The first kappa shape index (κ1) is 19.5. The molecule has 0 aliphatic heterocycles. The van der Waals surface area contributed by atoms with Crippen LogP contribution in [0.4, 0.5) is 5.95 Å². The van der Waals surface area contributed by atoms with Crippen LogP contribution < -0.4 is 5.73 Å². The van der Waals surface area contributed by atoms with Gasteiger partial charge in [0, 0.05) is 18.0 Å². The van der Waals surface area contributed by atoms with E-state index in [0.29, 0.717) is 22.4 Å². The minimum Gasteiger partial charge on any atom is -0.418 e. The fraction of sp³-hybridized carbons (Fsp3) is 0.364. The van der Waals surface area contributed by atoms with Crippen LogP contribution in [0, 0.1) is 11.3 Å². The van der Waals surface area contributed by atoms with E-state index in [1.165, 1.54) is 16.3 Å². The number of benzene rings is 2. The van der Waals surface area contributed by atoms with Gasteiger partial charge < -0.3 is 10.2 Å². The maximum atomic E-state index is 6.18. The summed E-state index contributed by atoms with van der Waals surface area (Å²) in [5, 5.41) is 2.39. The second-order valence-electron chi connectivity index (χ2n) is 8.51. The van der Waals surface area contributed by atoms with E-state index >= 15 is 0 Å². The van der Waals surface area contributed by atoms with E-state index in [4.69, 9.17) is 10.2 Å². The van der Waals surface area contributed by atoms with Crippen LogP contribution in [0.25, 0.3) is 21.9 Å². The van der Waals surface area contributed by atoms with Crippen LogP contribution in [0.5, 0.6) is 0 Å². The molecule has 4 nitrogen and oxygen atoms in total. The molecule has 0 saturated heterocycles. The Kier molecular flexibility index (Phi) is 5.10. The predicted octanol–water partition coefficient (Wildman–Crippen LogP) is 4.07. The van der Waals surface area contributed by atoms with Gasteiger partial charge in [-0.1, -0.05) is 52.0 Å². The van der Waals surface area contributed by atoms with Gasteiger partial charge in [-0.2, -0.15) is 0 Å². The second kappa shape index (κ2) is 7.06. The van der Waals surface area contributed by atoms with Gasteiger partial charge in [0.2, 0.25) is 5.95 Å². The normalized spacial score (nSPS) is 15.6. The SMILES string of the molecule is CC(C(C)(C)C)C(C)(O[SiH3])c1ccc2cc(-c3cnc(N)nc3)ccc2c1. The standard InChI is InChI=1S/C22H29N3OSi/c1-14(21(2,3)4)22(5,26-27)19-9-8-15-10-16(6-7-17(15)11-19)18-12-24-20(23)25-13-18/h6-14H,1-5,27H3,(H2,23,24,25). The minimum absolute atomic E-state index is 0.160. The molecule has 2 atom stereocenters. The Labute approximate surface area is 164 Å². The first-order chi connectivity index (χ1) is 12.6. The quantitative estimate of drug-likeness (QED) is 0.694. The number of aromatic nitrogens is 2. The molecule has 0 aliphatic rings. The van der Waals surface area contributed by atoms with Crippen molar-refractivity contribution < 1.29 is 4.43 Å². The largest absolute Gasteiger partial charge is 0.418 e. The number of nitrogen functional groups attached to an aromatic ring is 1. The molecule has 0 fully saturated rings. The molecule has 0 saturated carbocycles. The van der Waals surface area contributed by atoms with Gasteiger partial charge in [-0.15, -0.1) is 0 Å². The zero-order valence-electron chi connectivity index (χ0n) is 17.1. The lowest BCUT2D eigenvalue weighted by Crippen LogP contribution is -2.40. The highest BCUT2D eigenvalue weighted by Gasteiger charge is 2.39. The van der Waals surface area contributed by atoms with Crippen LogP contribution in [0.3, 0.4) is 0 Å². The van der Waals surface area contributed by atoms with Crippen molar-refractivity contribution in [1.82, 2.24) is 9.97 Å². The number of fused-ring (bicyclic) bond motifs is 1. The van der Waals surface area contributed by atoms with E-state index in [1.54, 1.807) is 12.4 Å². The number of rotatable bonds is 4. The first-order valence-electron chi connectivity index (χ1n) is 9.32. The van der Waals surface area contributed by atoms with Crippen molar-refractivity contribution in [3.63, 3.8) is 0 Å². The van der Waals surface area contributed by atoms with Gasteiger partial charge in [0.1, 0.15) is 10.5 Å². The smallest absolute Gasteiger partial charge is 0.219 e. The molecule has 3 aromatic rings. The zero-order chi connectivity index (χ0) is 19.8. The Balaban J connectivity index is 2.03. The topological polar surface area (TPSA) is 61.0 Å². The molecule has 5 heteroatoms. The maximum Gasteiger partial charge on any atom is 0.219 e. The Morgan fingerprint density at radius 2 is 1.52 bits per heavy atom. The van der Waals surface area contributed by atoms with Gasteiger partial charge in [0.05, 0.1) is 5.60 Å². The van der Waals surface area contributed by atoms with E-state index < -0.39 is 0 Å². The lowest BCUT2D eigenvalue weighted by atomic mass is 9.69. The van der Waals surface area contributed by atoms with Crippen LogP contribution in [-0.2, 0) is 10.0 Å². The maximum absolute atomic E-state index is 6.18. The third kappa shape index (κ3) is 3.75. The van der Waals surface area contributed by atoms with Crippen LogP contribution in [0.2, 0.25) is 0 Å². The summed E-state index contributed by atoms with van der Waals surface area (Å²) in [7, 11) is 0.700. The van der Waals surface area contributed by atoms with Crippen molar-refractivity contribution >= 4 is 27.2 Å². The van der Waals surface area contributed by atoms with Gasteiger partial charge in [0.15, 0.2) is 0 Å². The summed E-state index contributed by atoms with van der Waals surface area (Å²) >= 11 is 0. The van der Waals surface area contributed by atoms with Gasteiger partial charge >= 0.3 is 0 Å². The number of nitrogens with two attached hydrogens (primary N) is 1. The molecule has 0 bridgehead atoms. The van der Waals surface area contributed by atoms with Crippen LogP contribution in [0.15, 0.2) is 48.8 Å². The summed E-state index contributed by atoms with van der Waals surface area (Å²) in [5.74, 6) is 0.672. The van der Waals surface area contributed by atoms with Crippen molar-refractivity contribution in [1.29, 1.82) is 0 Å². The second-order valence-corrected chi connectivity index (χ2v) is 8.91. The number of nitrogens with zero attached hydrogens (tertiary/aromatic N) is 2. The molecule has 2 aromatic carbocycles. The molecule has 1 heterocycles. The first-order valence-corrected chi connectivity index (χ1v) is 10.1. The molecular formula is C22H29N3OSi. The molecular weight excluding hydrogens is 350 g/mol. The summed E-state index contributed by atoms with van der Waals surface area (Å²) in [6.45, 7) is 11.3.